The minimum Gasteiger partial charge on any atom is -0.359 e. The number of carbonyl (C=O) groups excluding carboxylic acids is 3. The van der Waals surface area contributed by atoms with Crippen LogP contribution in [0, 0.1) is 37.5 Å². The Morgan fingerprint density at radius 3 is 2.61 bits per heavy atom. The average Bonchev–Trinajstić information content (AvgIpc) is 3.58. The molecule has 3 fully saturated rings. The lowest BCUT2D eigenvalue weighted by atomic mass is 9.73. The van der Waals surface area contributed by atoms with Gasteiger partial charge >= 0.3 is 0 Å². The quantitative estimate of drug-likeness (QED) is 0.464. The lowest BCUT2D eigenvalue weighted by molar-refractivity contribution is -0.142. The second-order valence-electron chi connectivity index (χ2n) is 12.4. The van der Waals surface area contributed by atoms with E-state index in [1.807, 2.05) is 62.4 Å². The van der Waals surface area contributed by atoms with E-state index < -0.39 is 29.6 Å². The summed E-state index contributed by atoms with van der Waals surface area (Å²) in [6, 6.07) is 12.2. The van der Waals surface area contributed by atoms with Gasteiger partial charge in [0.05, 0.1) is 17.9 Å². The first-order valence-electron chi connectivity index (χ1n) is 14.7. The van der Waals surface area contributed by atoms with Crippen LogP contribution in [0.1, 0.15) is 49.8 Å². The molecule has 2 N–H and O–H groups in total. The molecule has 6 unspecified atom stereocenters. The van der Waals surface area contributed by atoms with Crippen LogP contribution in [0.25, 0.3) is 0 Å². The lowest BCUT2D eigenvalue weighted by Gasteiger charge is -2.38. The highest BCUT2D eigenvalue weighted by Crippen LogP contribution is 2.55. The Morgan fingerprint density at radius 2 is 1.85 bits per heavy atom. The maximum Gasteiger partial charge on any atom is 0.246 e. The highest BCUT2D eigenvalue weighted by molar-refractivity contribution is 6.31. The van der Waals surface area contributed by atoms with E-state index in [1.165, 1.54) is 0 Å². The molecule has 8 heteroatoms. The number of hydrogen-bond acceptors (Lipinski definition) is 4. The van der Waals surface area contributed by atoms with Gasteiger partial charge in [-0.05, 0) is 67.0 Å². The molecule has 216 valence electrons. The van der Waals surface area contributed by atoms with Crippen molar-refractivity contribution in [3.63, 3.8) is 0 Å². The summed E-state index contributed by atoms with van der Waals surface area (Å²) in [5, 5.41) is 6.83. The third-order valence-corrected chi connectivity index (χ3v) is 10.4. The first-order chi connectivity index (χ1) is 19.6. The first kappa shape index (κ1) is 28.0. The zero-order valence-electron chi connectivity index (χ0n) is 24.0. The first-order valence-corrected chi connectivity index (χ1v) is 15.1. The van der Waals surface area contributed by atoms with Crippen molar-refractivity contribution in [3.8, 4) is 0 Å². The molecular formula is C33H38ClN3O4. The highest BCUT2D eigenvalue weighted by Gasteiger charge is 2.72. The van der Waals surface area contributed by atoms with Crippen molar-refractivity contribution in [3.05, 3.63) is 76.3 Å². The van der Waals surface area contributed by atoms with E-state index in [2.05, 4.69) is 24.5 Å². The SMILES string of the molecule is Cc1ccc(NC(=O)C2[C@@H]3C=CC4(O3)C(C(=O)NC3CCCC(C)C3C)N(Cc3ccccc3Cl)C(=O)[C@H]24)cc1C. The smallest absolute Gasteiger partial charge is 0.246 e. The van der Waals surface area contributed by atoms with Crippen molar-refractivity contribution in [1.29, 1.82) is 0 Å². The summed E-state index contributed by atoms with van der Waals surface area (Å²) in [6.07, 6.45) is 6.21. The predicted octanol–water partition coefficient (Wildman–Crippen LogP) is 5.19. The van der Waals surface area contributed by atoms with Crippen LogP contribution in [0.15, 0.2) is 54.6 Å². The lowest BCUT2D eigenvalue weighted by Crippen LogP contribution is -2.57. The number of hydrogen-bond donors (Lipinski definition) is 2. The van der Waals surface area contributed by atoms with Crippen molar-refractivity contribution in [2.45, 2.75) is 77.3 Å². The van der Waals surface area contributed by atoms with Gasteiger partial charge in [0, 0.05) is 23.3 Å². The number of anilines is 1. The molecule has 41 heavy (non-hydrogen) atoms. The number of rotatable bonds is 6. The van der Waals surface area contributed by atoms with E-state index in [4.69, 9.17) is 16.3 Å². The fourth-order valence-electron chi connectivity index (χ4n) is 7.34. The molecule has 7 nitrogen and oxygen atoms in total. The number of aryl methyl sites for hydroxylation is 2. The summed E-state index contributed by atoms with van der Waals surface area (Å²) in [4.78, 5) is 43.8. The van der Waals surface area contributed by atoms with Crippen LogP contribution in [-0.2, 0) is 25.7 Å². The molecule has 0 radical (unpaired) electrons. The molecule has 2 aromatic rings. The predicted molar refractivity (Wildman–Crippen MR) is 158 cm³/mol. The number of halogens is 1. The second-order valence-corrected chi connectivity index (χ2v) is 12.8. The van der Waals surface area contributed by atoms with Gasteiger partial charge in [0.1, 0.15) is 11.6 Å². The number of amides is 3. The number of nitrogens with one attached hydrogen (secondary N) is 2. The molecule has 1 aliphatic carbocycles. The van der Waals surface area contributed by atoms with Crippen LogP contribution in [0.4, 0.5) is 5.69 Å². The van der Waals surface area contributed by atoms with Crippen LogP contribution in [0.3, 0.4) is 0 Å². The van der Waals surface area contributed by atoms with E-state index in [1.54, 1.807) is 11.0 Å². The molecule has 2 bridgehead atoms. The summed E-state index contributed by atoms with van der Waals surface area (Å²) in [5.41, 5.74) is 2.39. The summed E-state index contributed by atoms with van der Waals surface area (Å²) in [5.74, 6) is -1.53. The molecule has 3 heterocycles. The van der Waals surface area contributed by atoms with Gasteiger partial charge in [-0.25, -0.2) is 0 Å². The van der Waals surface area contributed by atoms with Crippen LogP contribution in [0.2, 0.25) is 5.02 Å². The van der Waals surface area contributed by atoms with Crippen molar-refractivity contribution in [2.75, 3.05) is 5.32 Å². The molecule has 3 aliphatic heterocycles. The van der Waals surface area contributed by atoms with E-state index in [9.17, 15) is 14.4 Å². The standard InChI is InChI=1S/C33H38ClN3O4/c1-18-12-13-23(16-20(18)3)35-30(38)27-26-14-15-33(41-26)28(27)32(40)37(17-22-9-5-6-10-24(22)34)29(33)31(39)36-25-11-7-8-19(2)21(25)4/h5-6,9-10,12-16,19,21,25-29H,7-8,11,17H2,1-4H3,(H,35,38)(H,36,39)/t19?,21?,25?,26-,27?,28-,29?,33?/m0/s1. The average molecular weight is 576 g/mol. The van der Waals surface area contributed by atoms with Crippen LogP contribution in [0.5, 0.6) is 0 Å². The Kier molecular flexibility index (Phi) is 7.23. The normalized spacial score (nSPS) is 33.6. The fourth-order valence-corrected chi connectivity index (χ4v) is 7.54. The molecule has 0 aromatic heterocycles. The van der Waals surface area contributed by atoms with E-state index >= 15 is 0 Å². The number of fused-ring (bicyclic) bond motifs is 1. The number of benzene rings is 2. The number of carbonyl (C=O) groups is 3. The summed E-state index contributed by atoms with van der Waals surface area (Å²) < 4.78 is 6.51. The van der Waals surface area contributed by atoms with Gasteiger partial charge in [0.15, 0.2) is 0 Å². The number of nitrogens with zero attached hydrogens (tertiary/aromatic N) is 1. The van der Waals surface area contributed by atoms with Gasteiger partial charge in [-0.3, -0.25) is 14.4 Å². The molecule has 2 saturated heterocycles. The van der Waals surface area contributed by atoms with E-state index in [0.29, 0.717) is 22.5 Å². The monoisotopic (exact) mass is 575 g/mol. The molecule has 8 atom stereocenters. The molecule has 6 rings (SSSR count). The Labute approximate surface area is 246 Å². The zero-order valence-corrected chi connectivity index (χ0v) is 24.8. The van der Waals surface area contributed by atoms with Gasteiger partial charge in [-0.2, -0.15) is 0 Å². The van der Waals surface area contributed by atoms with Crippen molar-refractivity contribution in [2.24, 2.45) is 23.7 Å². The second kappa shape index (κ2) is 10.6. The van der Waals surface area contributed by atoms with Gasteiger partial charge < -0.3 is 20.3 Å². The maximum absolute atomic E-state index is 14.3. The zero-order chi connectivity index (χ0) is 29.1. The van der Waals surface area contributed by atoms with Crippen molar-refractivity contribution < 1.29 is 19.1 Å². The molecule has 1 saturated carbocycles. The van der Waals surface area contributed by atoms with Crippen molar-refractivity contribution in [1.82, 2.24) is 10.2 Å². The van der Waals surface area contributed by atoms with Crippen LogP contribution >= 0.6 is 11.6 Å². The van der Waals surface area contributed by atoms with Gasteiger partial charge in [0.2, 0.25) is 17.7 Å². The molecular weight excluding hydrogens is 538 g/mol. The molecule has 3 amide bonds. The Balaban J connectivity index is 1.34. The van der Waals surface area contributed by atoms with Gasteiger partial charge in [-0.1, -0.05) is 74.7 Å². The summed E-state index contributed by atoms with van der Waals surface area (Å²) in [7, 11) is 0. The molecule has 2 aromatic carbocycles. The number of ether oxygens (including phenoxy) is 1. The van der Waals surface area contributed by atoms with E-state index in [-0.39, 0.29) is 30.3 Å². The maximum atomic E-state index is 14.3. The minimum atomic E-state index is -1.22. The number of likely N-dealkylation sites (tertiary alicyclic amines) is 1. The van der Waals surface area contributed by atoms with Crippen LogP contribution < -0.4 is 10.6 Å². The molecule has 1 spiro atoms. The third kappa shape index (κ3) is 4.67. The summed E-state index contributed by atoms with van der Waals surface area (Å²) >= 11 is 6.51. The van der Waals surface area contributed by atoms with E-state index in [0.717, 1.165) is 36.0 Å². The van der Waals surface area contributed by atoms with Gasteiger partial charge in [0.25, 0.3) is 0 Å². The van der Waals surface area contributed by atoms with Crippen molar-refractivity contribution >= 4 is 35.0 Å². The minimum absolute atomic E-state index is 0.0189. The Hall–Kier alpha value is -3.16. The highest BCUT2D eigenvalue weighted by atomic mass is 35.5. The topological polar surface area (TPSA) is 87.7 Å². The third-order valence-electron chi connectivity index (χ3n) is 10.0. The summed E-state index contributed by atoms with van der Waals surface area (Å²) in [6.45, 7) is 8.57. The fraction of sp³-hybridized carbons (Fsp3) is 0.485. The largest absolute Gasteiger partial charge is 0.359 e. The van der Waals surface area contributed by atoms with Gasteiger partial charge in [-0.15, -0.1) is 0 Å². The molecule has 4 aliphatic rings. The van der Waals surface area contributed by atoms with Crippen LogP contribution in [-0.4, -0.2) is 46.4 Å². The Morgan fingerprint density at radius 1 is 1.07 bits per heavy atom. The Bertz CT molecular complexity index is 1420.